The number of hydrogen-bond donors (Lipinski definition) is 4. The van der Waals surface area contributed by atoms with Crippen LogP contribution in [0.15, 0.2) is 96.7 Å². The molecule has 0 saturated heterocycles. The van der Waals surface area contributed by atoms with Crippen molar-refractivity contribution in [3.05, 3.63) is 72.3 Å². The van der Waals surface area contributed by atoms with Crippen LogP contribution in [0, 0.1) is 0 Å². The van der Waals surface area contributed by atoms with Crippen molar-refractivity contribution < 1.29 is 52.9 Å². The maximum Gasteiger partial charge on any atom is 0.397 e. The molecule has 0 aromatic heterocycles. The lowest BCUT2D eigenvalue weighted by Gasteiger charge is -2.08. The number of aromatic hydroxyl groups is 1. The highest BCUT2D eigenvalue weighted by molar-refractivity contribution is 7.94. The smallest absolute Gasteiger partial charge is 0.397 e. The van der Waals surface area contributed by atoms with Gasteiger partial charge in [-0.15, -0.1) is 10.2 Å². The van der Waals surface area contributed by atoms with Gasteiger partial charge in [-0.1, -0.05) is 36.4 Å². The number of nitrogens with zero attached hydrogens (tertiary/aromatic N) is 3. The van der Waals surface area contributed by atoms with Crippen molar-refractivity contribution in [2.75, 3.05) is 24.9 Å². The van der Waals surface area contributed by atoms with E-state index in [4.69, 9.17) is 8.89 Å². The number of nitrogens with one attached hydrogen (secondary N) is 1. The fourth-order valence-electron chi connectivity index (χ4n) is 3.04. The predicted molar refractivity (Wildman–Crippen MR) is 149 cm³/mol. The molecule has 4 N–H and O–H groups in total. The highest BCUT2D eigenvalue weighted by Crippen LogP contribution is 2.38. The van der Waals surface area contributed by atoms with Gasteiger partial charge in [0.25, 0.3) is 10.1 Å². The van der Waals surface area contributed by atoms with Crippen LogP contribution in [0.3, 0.4) is 0 Å². The number of amidine groups is 1. The van der Waals surface area contributed by atoms with Crippen molar-refractivity contribution in [1.29, 1.82) is 0 Å². The van der Waals surface area contributed by atoms with Crippen LogP contribution >= 0.6 is 12.0 Å². The fourth-order valence-corrected chi connectivity index (χ4v) is 5.74. The zero-order chi connectivity index (χ0) is 31.0. The molecule has 0 amide bonds. The summed E-state index contributed by atoms with van der Waals surface area (Å²) in [6.45, 7) is -0.807. The Morgan fingerprint density at radius 1 is 0.952 bits per heavy atom. The summed E-state index contributed by atoms with van der Waals surface area (Å²) in [6, 6.07) is 15.7. The van der Waals surface area contributed by atoms with Crippen molar-refractivity contribution in [1.82, 2.24) is 0 Å². The van der Waals surface area contributed by atoms with Crippen molar-refractivity contribution in [3.63, 3.8) is 0 Å². The third-order valence-corrected chi connectivity index (χ3v) is 8.50. The Morgan fingerprint density at radius 3 is 2.31 bits per heavy atom. The van der Waals surface area contributed by atoms with Crippen molar-refractivity contribution in [3.8, 4) is 5.75 Å². The van der Waals surface area contributed by atoms with E-state index in [1.807, 2.05) is 0 Å². The summed E-state index contributed by atoms with van der Waals surface area (Å²) in [5, 5.41) is 22.5. The molecule has 0 bridgehead atoms. The van der Waals surface area contributed by atoms with E-state index in [1.165, 1.54) is 37.4 Å². The number of benzene rings is 3. The average molecular weight is 663 g/mol. The normalized spacial score (nSPS) is 13.0. The Hall–Kier alpha value is -3.47. The number of sulfone groups is 1. The number of phenols is 1. The van der Waals surface area contributed by atoms with Gasteiger partial charge in [-0.3, -0.25) is 14.5 Å². The first-order chi connectivity index (χ1) is 19.7. The maximum atomic E-state index is 12.6. The van der Waals surface area contributed by atoms with Crippen molar-refractivity contribution in [2.24, 2.45) is 15.3 Å². The lowest BCUT2D eigenvalue weighted by molar-refractivity contribution is -0.160. The first-order valence-electron chi connectivity index (χ1n) is 11.2. The van der Waals surface area contributed by atoms with Crippen molar-refractivity contribution in [2.45, 2.75) is 14.7 Å². The van der Waals surface area contributed by atoms with E-state index in [2.05, 4.69) is 29.8 Å². The van der Waals surface area contributed by atoms with Gasteiger partial charge in [0.05, 0.1) is 42.1 Å². The molecule has 0 heterocycles. The fraction of sp³-hybridized carbons (Fsp3) is 0.136. The Bertz CT molecular complexity index is 1800. The molecule has 0 saturated carbocycles. The third-order valence-electron chi connectivity index (χ3n) is 4.86. The topological polar surface area (TPSA) is 240 Å². The first kappa shape index (κ1) is 33.0. The summed E-state index contributed by atoms with van der Waals surface area (Å²) in [5.74, 6) is -1.74. The van der Waals surface area contributed by atoms with Crippen LogP contribution < -0.4 is 5.43 Å². The summed E-state index contributed by atoms with van der Waals surface area (Å²) >= 11 is 0.569. The van der Waals surface area contributed by atoms with Crippen LogP contribution in [0.25, 0.3) is 0 Å². The standard InChI is InChI=1S/C22H22N4O12S4/c1-36-38-39-17-13-19(21(27)20(14-17)41(30,31)32)24-26-22(15-6-3-2-4-7-15)25-23-16-8-5-9-18(12-16)40(28,29)11-10-37-42(33,34)35/h2-9,12-14,23,27H,10-11H2,1H3,(H,30,31,32)(H,33,34,35). The van der Waals surface area contributed by atoms with Gasteiger partial charge in [0.1, 0.15) is 10.6 Å². The molecular weight excluding hydrogens is 641 g/mol. The van der Waals surface area contributed by atoms with Gasteiger partial charge in [0.15, 0.2) is 15.6 Å². The van der Waals surface area contributed by atoms with E-state index in [0.29, 0.717) is 17.6 Å². The summed E-state index contributed by atoms with van der Waals surface area (Å²) in [4.78, 5) is 3.47. The summed E-state index contributed by atoms with van der Waals surface area (Å²) in [6.07, 6.45) is 0. The summed E-state index contributed by atoms with van der Waals surface area (Å²) in [5.41, 5.74) is 2.82. The number of hydrogen-bond acceptors (Lipinski definition) is 14. The van der Waals surface area contributed by atoms with Crippen molar-refractivity contribution >= 4 is 59.6 Å². The summed E-state index contributed by atoms with van der Waals surface area (Å²) < 4.78 is 96.9. The van der Waals surface area contributed by atoms with E-state index >= 15 is 0 Å². The van der Waals surface area contributed by atoms with Crippen LogP contribution in [0.2, 0.25) is 0 Å². The number of phenolic OH excluding ortho intramolecular Hbond substituents is 1. The van der Waals surface area contributed by atoms with Gasteiger partial charge < -0.3 is 5.11 Å². The molecular formula is C22H22N4O12S4. The predicted octanol–water partition coefficient (Wildman–Crippen LogP) is 3.37. The lowest BCUT2D eigenvalue weighted by atomic mass is 10.2. The monoisotopic (exact) mass is 662 g/mol. The number of rotatable bonds is 13. The minimum atomic E-state index is -4.87. The quantitative estimate of drug-likeness (QED) is 0.0390. The van der Waals surface area contributed by atoms with Gasteiger partial charge in [-0.25, -0.2) is 17.5 Å². The van der Waals surface area contributed by atoms with E-state index in [1.54, 1.807) is 30.3 Å². The molecule has 0 aliphatic heterocycles. The van der Waals surface area contributed by atoms with E-state index in [9.17, 15) is 34.9 Å². The molecule has 42 heavy (non-hydrogen) atoms. The van der Waals surface area contributed by atoms with Gasteiger partial charge in [-0.2, -0.15) is 26.3 Å². The maximum absolute atomic E-state index is 12.6. The van der Waals surface area contributed by atoms with E-state index < -0.39 is 53.4 Å². The second-order valence-corrected chi connectivity index (χ2v) is 13.2. The highest BCUT2D eigenvalue weighted by Gasteiger charge is 2.21. The van der Waals surface area contributed by atoms with Gasteiger partial charge in [-0.05, 0) is 30.3 Å². The Labute approximate surface area is 244 Å². The van der Waals surface area contributed by atoms with Crippen LogP contribution in [-0.4, -0.2) is 64.8 Å². The Morgan fingerprint density at radius 2 is 1.67 bits per heavy atom. The molecule has 16 nitrogen and oxygen atoms in total. The molecule has 0 spiro atoms. The average Bonchev–Trinajstić information content (AvgIpc) is 2.92. The first-order valence-corrected chi connectivity index (χ1v) is 16.4. The molecule has 0 fully saturated rings. The lowest BCUT2D eigenvalue weighted by Crippen LogP contribution is -2.15. The zero-order valence-corrected chi connectivity index (χ0v) is 24.5. The molecule has 0 radical (unpaired) electrons. The third kappa shape index (κ3) is 9.82. The molecule has 3 aromatic carbocycles. The Kier molecular flexibility index (Phi) is 11.1. The highest BCUT2D eigenvalue weighted by atomic mass is 32.3. The zero-order valence-electron chi connectivity index (χ0n) is 21.3. The van der Waals surface area contributed by atoms with Crippen LogP contribution in [0.1, 0.15) is 5.56 Å². The van der Waals surface area contributed by atoms with Gasteiger partial charge in [0, 0.05) is 10.5 Å². The van der Waals surface area contributed by atoms with E-state index in [0.717, 1.165) is 6.07 Å². The minimum absolute atomic E-state index is 0.0764. The van der Waals surface area contributed by atoms with Crippen LogP contribution in [0.5, 0.6) is 5.75 Å². The second-order valence-electron chi connectivity index (χ2n) is 7.79. The SMILES string of the molecule is COOSc1cc(N=NC(=NNc2cccc(S(=O)(=O)CCOS(=O)(=O)O)c2)c2ccccc2)c(O)c(S(=O)(=O)O)c1. The molecule has 226 valence electrons. The number of azo groups is 1. The van der Waals surface area contributed by atoms with Gasteiger partial charge in [0.2, 0.25) is 5.84 Å². The minimum Gasteiger partial charge on any atom is -0.504 e. The molecule has 0 atom stereocenters. The Balaban J connectivity index is 1.96. The molecule has 0 aliphatic carbocycles. The van der Waals surface area contributed by atoms with Crippen LogP contribution in [0.4, 0.5) is 11.4 Å². The van der Waals surface area contributed by atoms with Crippen LogP contribution in [-0.2, 0) is 43.8 Å². The molecule has 0 aliphatic rings. The van der Waals surface area contributed by atoms with Gasteiger partial charge >= 0.3 is 10.4 Å². The molecule has 3 rings (SSSR count). The molecule has 20 heteroatoms. The molecule has 0 unspecified atom stereocenters. The molecule has 3 aromatic rings. The van der Waals surface area contributed by atoms with E-state index in [-0.39, 0.29) is 27.0 Å². The second kappa shape index (κ2) is 14.1. The number of hydrazone groups is 1. The summed E-state index contributed by atoms with van der Waals surface area (Å²) in [7, 11) is -12.5. The number of anilines is 1. The largest absolute Gasteiger partial charge is 0.504 e.